The zero-order valence-electron chi connectivity index (χ0n) is 37.8. The maximum Gasteiger partial charge on any atom is 0.0473 e. The molecular formula is C64H50N2. The second kappa shape index (κ2) is 15.4. The van der Waals surface area contributed by atoms with E-state index in [4.69, 9.17) is 0 Å². The number of fused-ring (bicyclic) bond motifs is 7. The third-order valence-corrected chi connectivity index (χ3v) is 14.4. The van der Waals surface area contributed by atoms with E-state index in [0.717, 1.165) is 45.1 Å². The van der Waals surface area contributed by atoms with Crippen molar-refractivity contribution in [3.05, 3.63) is 247 Å². The fourth-order valence-corrected chi connectivity index (χ4v) is 10.9. The zero-order valence-corrected chi connectivity index (χ0v) is 37.8. The van der Waals surface area contributed by atoms with Crippen LogP contribution >= 0.6 is 0 Å². The summed E-state index contributed by atoms with van der Waals surface area (Å²) < 4.78 is 0. The second-order valence-corrected chi connectivity index (χ2v) is 19.1. The number of benzene rings is 10. The van der Waals surface area contributed by atoms with Gasteiger partial charge in [0, 0.05) is 44.8 Å². The Kier molecular flexibility index (Phi) is 9.22. The molecule has 2 aliphatic rings. The highest BCUT2D eigenvalue weighted by molar-refractivity contribution is 5.98. The van der Waals surface area contributed by atoms with Gasteiger partial charge >= 0.3 is 0 Å². The zero-order chi connectivity index (χ0) is 44.6. The second-order valence-electron chi connectivity index (χ2n) is 19.1. The summed E-state index contributed by atoms with van der Waals surface area (Å²) in [5, 5.41) is 6.28. The van der Waals surface area contributed by atoms with E-state index in [1.54, 1.807) is 0 Å². The first-order chi connectivity index (χ1) is 32.2. The molecule has 2 aliphatic carbocycles. The van der Waals surface area contributed by atoms with Crippen LogP contribution < -0.4 is 10.2 Å². The van der Waals surface area contributed by atoms with Crippen molar-refractivity contribution in [3.63, 3.8) is 0 Å². The minimum absolute atomic E-state index is 0.156. The third kappa shape index (κ3) is 6.55. The average Bonchev–Trinajstić information content (AvgIpc) is 3.73. The SMILES string of the molecule is CC1(C)c2ccccc2-c2ccc(N(c3cc(-c4ccccc4)cc(-c4cc5ccccc5cc4Nc4ccc(-c5ccccc5)cc4)c3)c3ccc4c(c3)C(C)(C)c3ccccc3-4)cc21. The molecule has 0 bridgehead atoms. The molecule has 2 heteroatoms. The molecule has 0 aliphatic heterocycles. The molecule has 0 spiro atoms. The number of hydrogen-bond donors (Lipinski definition) is 1. The van der Waals surface area contributed by atoms with Crippen LogP contribution in [-0.4, -0.2) is 0 Å². The summed E-state index contributed by atoms with van der Waals surface area (Å²) in [5.41, 5.74) is 22.9. The van der Waals surface area contributed by atoms with E-state index in [1.807, 2.05) is 0 Å². The maximum atomic E-state index is 3.89. The fraction of sp³-hybridized carbons (Fsp3) is 0.0938. The van der Waals surface area contributed by atoms with Gasteiger partial charge in [-0.2, -0.15) is 0 Å². The minimum atomic E-state index is -0.156. The van der Waals surface area contributed by atoms with E-state index in [1.165, 1.54) is 72.0 Å². The Labute approximate surface area is 388 Å². The van der Waals surface area contributed by atoms with Crippen molar-refractivity contribution in [1.82, 2.24) is 0 Å². The normalized spacial score (nSPS) is 13.7. The first-order valence-corrected chi connectivity index (χ1v) is 23.2. The first-order valence-electron chi connectivity index (χ1n) is 23.2. The molecule has 66 heavy (non-hydrogen) atoms. The molecule has 10 aromatic carbocycles. The number of rotatable bonds is 8. The van der Waals surface area contributed by atoms with Gasteiger partial charge in [0.15, 0.2) is 0 Å². The van der Waals surface area contributed by atoms with Crippen LogP contribution in [0, 0.1) is 0 Å². The molecule has 0 saturated heterocycles. The van der Waals surface area contributed by atoms with Crippen LogP contribution in [-0.2, 0) is 10.8 Å². The van der Waals surface area contributed by atoms with Gasteiger partial charge in [-0.05, 0) is 150 Å². The summed E-state index contributed by atoms with van der Waals surface area (Å²) in [6.45, 7) is 9.49. The molecule has 2 nitrogen and oxygen atoms in total. The van der Waals surface area contributed by atoms with Crippen LogP contribution in [0.2, 0.25) is 0 Å². The molecule has 316 valence electrons. The molecule has 12 rings (SSSR count). The number of nitrogens with one attached hydrogen (secondary N) is 1. The molecule has 0 heterocycles. The van der Waals surface area contributed by atoms with E-state index in [9.17, 15) is 0 Å². The van der Waals surface area contributed by atoms with E-state index in [0.29, 0.717) is 0 Å². The summed E-state index contributed by atoms with van der Waals surface area (Å²) in [7, 11) is 0. The van der Waals surface area contributed by atoms with Crippen molar-refractivity contribution in [2.75, 3.05) is 10.2 Å². The Hall–Kier alpha value is -7.94. The van der Waals surface area contributed by atoms with Crippen molar-refractivity contribution in [3.8, 4) is 55.6 Å². The van der Waals surface area contributed by atoms with E-state index in [2.05, 4.69) is 262 Å². The Morgan fingerprint density at radius 2 is 0.758 bits per heavy atom. The van der Waals surface area contributed by atoms with Crippen LogP contribution in [0.3, 0.4) is 0 Å². The molecule has 0 radical (unpaired) electrons. The van der Waals surface area contributed by atoms with Crippen LogP contribution in [0.4, 0.5) is 28.4 Å². The quantitative estimate of drug-likeness (QED) is 0.164. The van der Waals surface area contributed by atoms with Crippen molar-refractivity contribution in [1.29, 1.82) is 0 Å². The highest BCUT2D eigenvalue weighted by Gasteiger charge is 2.38. The van der Waals surface area contributed by atoms with Gasteiger partial charge in [0.05, 0.1) is 0 Å². The third-order valence-electron chi connectivity index (χ3n) is 14.4. The lowest BCUT2D eigenvalue weighted by Crippen LogP contribution is -2.18. The first kappa shape index (κ1) is 39.6. The Morgan fingerprint density at radius 3 is 1.33 bits per heavy atom. The molecule has 0 fully saturated rings. The Balaban J connectivity index is 1.07. The largest absolute Gasteiger partial charge is 0.355 e. The van der Waals surface area contributed by atoms with Crippen LogP contribution in [0.5, 0.6) is 0 Å². The number of nitrogens with zero attached hydrogens (tertiary/aromatic N) is 1. The van der Waals surface area contributed by atoms with Crippen LogP contribution in [0.25, 0.3) is 66.4 Å². The number of anilines is 5. The highest BCUT2D eigenvalue weighted by atomic mass is 15.1. The van der Waals surface area contributed by atoms with E-state index < -0.39 is 0 Å². The lowest BCUT2D eigenvalue weighted by atomic mass is 9.82. The summed E-state index contributed by atoms with van der Waals surface area (Å²) in [5.74, 6) is 0. The smallest absolute Gasteiger partial charge is 0.0473 e. The van der Waals surface area contributed by atoms with Crippen molar-refractivity contribution < 1.29 is 0 Å². The van der Waals surface area contributed by atoms with Crippen molar-refractivity contribution in [2.45, 2.75) is 38.5 Å². The molecule has 0 aromatic heterocycles. The van der Waals surface area contributed by atoms with Gasteiger partial charge in [0.25, 0.3) is 0 Å². The molecule has 0 atom stereocenters. The van der Waals surface area contributed by atoms with Crippen LogP contribution in [0.1, 0.15) is 49.9 Å². The van der Waals surface area contributed by atoms with Crippen molar-refractivity contribution in [2.24, 2.45) is 0 Å². The standard InChI is InChI=1S/C64H50N2/c1-63(2)58-25-15-13-23-53(58)55-33-31-50(40-60(55)63)66(51-32-34-56-54-24-14-16-26-59(54)64(3,4)61(56)41-51)52-36-47(43-19-9-6-10-20-43)35-48(37-52)57-38-45-21-11-12-22-46(45)39-62(57)65-49-29-27-44(28-30-49)42-17-7-5-8-18-42/h5-41,65H,1-4H3. The van der Waals surface area contributed by atoms with Gasteiger partial charge in [-0.25, -0.2) is 0 Å². The molecule has 0 saturated carbocycles. The molecular weight excluding hydrogens is 797 g/mol. The van der Waals surface area contributed by atoms with Gasteiger partial charge in [-0.3, -0.25) is 0 Å². The van der Waals surface area contributed by atoms with Gasteiger partial charge in [0.1, 0.15) is 0 Å². The Morgan fingerprint density at radius 1 is 0.303 bits per heavy atom. The lowest BCUT2D eigenvalue weighted by molar-refractivity contribution is 0.660. The molecule has 10 aromatic rings. The van der Waals surface area contributed by atoms with Crippen LogP contribution in [0.15, 0.2) is 224 Å². The monoisotopic (exact) mass is 846 g/mol. The lowest BCUT2D eigenvalue weighted by Gasteiger charge is -2.30. The van der Waals surface area contributed by atoms with Gasteiger partial charge in [0.2, 0.25) is 0 Å². The average molecular weight is 847 g/mol. The Bertz CT molecular complexity index is 3380. The summed E-state index contributed by atoms with van der Waals surface area (Å²) >= 11 is 0. The molecule has 1 N–H and O–H groups in total. The molecule has 0 amide bonds. The fourth-order valence-electron chi connectivity index (χ4n) is 10.9. The van der Waals surface area contributed by atoms with Gasteiger partial charge in [-0.1, -0.05) is 185 Å². The molecule has 0 unspecified atom stereocenters. The topological polar surface area (TPSA) is 15.3 Å². The summed E-state index contributed by atoms with van der Waals surface area (Å²) in [6, 6.07) is 82.9. The number of hydrogen-bond acceptors (Lipinski definition) is 2. The van der Waals surface area contributed by atoms with Crippen molar-refractivity contribution >= 4 is 39.2 Å². The maximum absolute atomic E-state index is 3.89. The summed E-state index contributed by atoms with van der Waals surface area (Å²) in [6.07, 6.45) is 0. The summed E-state index contributed by atoms with van der Waals surface area (Å²) in [4.78, 5) is 2.51. The predicted octanol–water partition coefficient (Wildman–Crippen LogP) is 17.7. The van der Waals surface area contributed by atoms with Gasteiger partial charge < -0.3 is 10.2 Å². The predicted molar refractivity (Wildman–Crippen MR) is 280 cm³/mol. The van der Waals surface area contributed by atoms with Gasteiger partial charge in [-0.15, -0.1) is 0 Å². The minimum Gasteiger partial charge on any atom is -0.355 e. The van der Waals surface area contributed by atoms with E-state index >= 15 is 0 Å². The highest BCUT2D eigenvalue weighted by Crippen LogP contribution is 2.54. The van der Waals surface area contributed by atoms with E-state index in [-0.39, 0.29) is 10.8 Å².